The fourth-order valence-corrected chi connectivity index (χ4v) is 8.48. The van der Waals surface area contributed by atoms with Crippen LogP contribution in [0.3, 0.4) is 0 Å². The van der Waals surface area contributed by atoms with Crippen LogP contribution in [0.2, 0.25) is 0 Å². The summed E-state index contributed by atoms with van der Waals surface area (Å²) in [4.78, 5) is 78.2. The van der Waals surface area contributed by atoms with Crippen LogP contribution in [-0.2, 0) is 28.7 Å². The Morgan fingerprint density at radius 1 is 0.982 bits per heavy atom. The summed E-state index contributed by atoms with van der Waals surface area (Å²) in [5, 5.41) is 26.7. The number of amides is 3. The van der Waals surface area contributed by atoms with E-state index in [2.05, 4.69) is 10.6 Å². The summed E-state index contributed by atoms with van der Waals surface area (Å²) >= 11 is 1.28. The largest absolute Gasteiger partial charge is 0.508 e. The van der Waals surface area contributed by atoms with Crippen LogP contribution in [0.5, 0.6) is 5.75 Å². The molecule has 1 unspecified atom stereocenters. The lowest BCUT2D eigenvalue weighted by Crippen LogP contribution is -2.59. The van der Waals surface area contributed by atoms with E-state index in [4.69, 9.17) is 13.9 Å². The molecule has 0 bridgehead atoms. The molecule has 0 saturated carbocycles. The summed E-state index contributed by atoms with van der Waals surface area (Å²) in [6, 6.07) is 12.0. The van der Waals surface area contributed by atoms with E-state index in [0.717, 1.165) is 17.7 Å². The number of nitrogens with one attached hydrogen (secondary N) is 2. The van der Waals surface area contributed by atoms with Gasteiger partial charge in [-0.25, -0.2) is 14.5 Å². The fourth-order valence-electron chi connectivity index (χ4n) is 7.45. The zero-order valence-electron chi connectivity index (χ0n) is 32.0. The van der Waals surface area contributed by atoms with Crippen molar-refractivity contribution in [1.82, 2.24) is 10.6 Å². The molecule has 2 aliphatic carbocycles. The fraction of sp³-hybridized carbons (Fsp3) is 0.381. The highest BCUT2D eigenvalue weighted by molar-refractivity contribution is 8.00. The number of ether oxygens (including phenoxy) is 2. The minimum atomic E-state index is -1.31. The first kappa shape index (κ1) is 41.1. The van der Waals surface area contributed by atoms with Gasteiger partial charge < -0.3 is 34.7 Å². The van der Waals surface area contributed by atoms with Crippen molar-refractivity contribution in [2.24, 2.45) is 0 Å². The molecule has 14 nitrogen and oxygen atoms in total. The van der Waals surface area contributed by atoms with Crippen molar-refractivity contribution in [3.05, 3.63) is 82.0 Å². The van der Waals surface area contributed by atoms with Crippen molar-refractivity contribution in [2.45, 2.75) is 82.9 Å². The number of benzene rings is 3. The predicted octanol–water partition coefficient (Wildman–Crippen LogP) is 5.26. The van der Waals surface area contributed by atoms with Crippen molar-refractivity contribution in [3.8, 4) is 28.2 Å². The molecule has 2 aromatic carbocycles. The zero-order valence-corrected chi connectivity index (χ0v) is 32.9. The summed E-state index contributed by atoms with van der Waals surface area (Å²) in [6.45, 7) is 7.74. The van der Waals surface area contributed by atoms with Crippen LogP contribution in [0.25, 0.3) is 33.4 Å². The zero-order chi connectivity index (χ0) is 41.0. The number of hydrogen-bond donors (Lipinski definition) is 4. The van der Waals surface area contributed by atoms with E-state index in [1.807, 2.05) is 13.8 Å². The molecule has 4 aliphatic rings. The smallest absolute Gasteiger partial charge is 0.336 e. The minimum Gasteiger partial charge on any atom is -0.508 e. The predicted molar refractivity (Wildman–Crippen MR) is 214 cm³/mol. The number of carbonyl (C=O) groups excluding carboxylic acids is 4. The highest BCUT2D eigenvalue weighted by Crippen LogP contribution is 2.43. The van der Waals surface area contributed by atoms with Crippen LogP contribution < -0.4 is 21.0 Å². The number of aromatic hydroxyl groups is 1. The average molecular weight is 800 g/mol. The monoisotopic (exact) mass is 799 g/mol. The van der Waals surface area contributed by atoms with Gasteiger partial charge in [-0.15, -0.1) is 11.8 Å². The Labute approximate surface area is 332 Å². The molecule has 0 spiro atoms. The summed E-state index contributed by atoms with van der Waals surface area (Å²) in [5.74, 6) is -2.47. The molecule has 300 valence electrons. The van der Waals surface area contributed by atoms with Gasteiger partial charge in [-0.3, -0.25) is 19.2 Å². The molecule has 57 heavy (non-hydrogen) atoms. The Hall–Kier alpha value is -5.51. The summed E-state index contributed by atoms with van der Waals surface area (Å²) in [6.07, 6.45) is 2.74. The number of thioether (sulfide) groups is 1. The number of phenols is 1. The van der Waals surface area contributed by atoms with Crippen molar-refractivity contribution in [3.63, 3.8) is 0 Å². The number of phenolic OH excluding ortho intramolecular Hbond substituents is 1. The average Bonchev–Trinajstić information content (AvgIpc) is 3.46. The molecule has 1 saturated heterocycles. The number of nitrogens with zero attached hydrogens (tertiary/aromatic N) is 1. The van der Waals surface area contributed by atoms with Crippen LogP contribution in [0, 0.1) is 0 Å². The number of fused-ring (bicyclic) bond motifs is 2. The quantitative estimate of drug-likeness (QED) is 0.0526. The van der Waals surface area contributed by atoms with Crippen LogP contribution in [-0.4, -0.2) is 88.3 Å². The van der Waals surface area contributed by atoms with E-state index in [9.17, 15) is 39.0 Å². The van der Waals surface area contributed by atoms with E-state index < -0.39 is 47.2 Å². The molecule has 1 fully saturated rings. The first-order valence-corrected chi connectivity index (χ1v) is 20.0. The first-order valence-electron chi connectivity index (χ1n) is 18.9. The number of rotatable bonds is 15. The van der Waals surface area contributed by atoms with E-state index >= 15 is 0 Å². The summed E-state index contributed by atoms with van der Waals surface area (Å²) < 4.78 is 17.6. The maximum absolute atomic E-state index is 13.7. The van der Waals surface area contributed by atoms with Crippen LogP contribution in [0.15, 0.2) is 75.5 Å². The second kappa shape index (κ2) is 17.7. The third kappa shape index (κ3) is 8.90. The Morgan fingerprint density at radius 2 is 1.74 bits per heavy atom. The van der Waals surface area contributed by atoms with Gasteiger partial charge in [0.15, 0.2) is 5.43 Å². The van der Waals surface area contributed by atoms with Crippen LogP contribution in [0.1, 0.15) is 63.7 Å². The molecule has 3 amide bonds. The van der Waals surface area contributed by atoms with Crippen molar-refractivity contribution in [1.29, 1.82) is 0 Å². The van der Waals surface area contributed by atoms with Gasteiger partial charge in [-0.2, -0.15) is 0 Å². The Kier molecular flexibility index (Phi) is 12.8. The number of imide groups is 1. The van der Waals surface area contributed by atoms with E-state index in [0.29, 0.717) is 34.4 Å². The van der Waals surface area contributed by atoms with Gasteiger partial charge in [0.2, 0.25) is 17.7 Å². The van der Waals surface area contributed by atoms with Crippen molar-refractivity contribution >= 4 is 58.1 Å². The minimum absolute atomic E-state index is 0.0860. The number of carbonyl (C=O) groups is 5. The highest BCUT2D eigenvalue weighted by atomic mass is 32.2. The maximum Gasteiger partial charge on any atom is 0.336 e. The third-order valence-electron chi connectivity index (χ3n) is 10.1. The topological polar surface area (TPSA) is 202 Å². The molecular formula is C42H45N3O11S. The second-order valence-electron chi connectivity index (χ2n) is 13.9. The summed E-state index contributed by atoms with van der Waals surface area (Å²) in [5.41, 5.74) is 1.41. The molecule has 15 heteroatoms. The van der Waals surface area contributed by atoms with E-state index in [1.165, 1.54) is 67.2 Å². The molecule has 2 heterocycles. The van der Waals surface area contributed by atoms with Gasteiger partial charge in [-0.1, -0.05) is 19.9 Å². The molecule has 6 rings (SSSR count). The van der Waals surface area contributed by atoms with Gasteiger partial charge in [0, 0.05) is 65.9 Å². The third-order valence-corrected chi connectivity index (χ3v) is 11.3. The number of aromatic carboxylic acids is 1. The molecule has 0 aromatic heterocycles. The molecule has 4 atom stereocenters. The van der Waals surface area contributed by atoms with Crippen molar-refractivity contribution in [2.75, 3.05) is 23.8 Å². The first-order chi connectivity index (χ1) is 27.3. The van der Waals surface area contributed by atoms with E-state index in [-0.39, 0.29) is 70.8 Å². The van der Waals surface area contributed by atoms with Crippen LogP contribution in [0.4, 0.5) is 5.69 Å². The number of esters is 1. The normalized spacial score (nSPS) is 19.7. The van der Waals surface area contributed by atoms with Gasteiger partial charge in [0.1, 0.15) is 17.1 Å². The number of carboxylic acid groups (broad SMARTS) is 1. The molecule has 2 aliphatic heterocycles. The van der Waals surface area contributed by atoms with Crippen LogP contribution >= 0.6 is 11.8 Å². The molecule has 4 N–H and O–H groups in total. The standard InChI is InChI=1S/C42H45N3O11S/c1-5-27(6-2)55-35-17-23(42(53)54-7-3)16-32(39(35)44-22(4)46)43-14-15-57-36-21-37(49)45(40(36)50)24-8-11-28(31(18-24)41(51)52)38-29-12-9-25(47)19-33(29)56-34-20-26(48)10-13-30(34)38/h8-13,17-20,27,32,35-36,39,43,47H,5-7,14-16,21H2,1-4H3,(H,44,46)(H,51,52)/t32-,35+,36?,39+/m0/s1. The summed E-state index contributed by atoms with van der Waals surface area (Å²) in [7, 11) is 0. The number of anilines is 1. The lowest BCUT2D eigenvalue weighted by Gasteiger charge is -2.39. The Balaban J connectivity index is 1.20. The molecule has 2 aromatic rings. The number of carboxylic acids is 1. The van der Waals surface area contributed by atoms with Gasteiger partial charge in [-0.05, 0) is 74.2 Å². The molecule has 0 radical (unpaired) electrons. The Bertz CT molecular complexity index is 2270. The van der Waals surface area contributed by atoms with Gasteiger partial charge >= 0.3 is 11.9 Å². The van der Waals surface area contributed by atoms with E-state index in [1.54, 1.807) is 19.1 Å². The maximum atomic E-state index is 13.7. The SMILES string of the molecule is CCOC(=O)C1=C[C@@H](OC(CC)CC)[C@H](NC(C)=O)[C@@H](NCCSC2CC(=O)N(c3ccc(-c4c5ccc(=O)cc-5oc5cc(O)ccc45)c(C(=O)O)c3)C2=O)C1. The number of hydrogen-bond acceptors (Lipinski definition) is 12. The Morgan fingerprint density at radius 3 is 2.44 bits per heavy atom. The van der Waals surface area contributed by atoms with Crippen molar-refractivity contribution < 1.29 is 48.1 Å². The lowest BCUT2D eigenvalue weighted by atomic mass is 9.87. The van der Waals surface area contributed by atoms with Gasteiger partial charge in [0.25, 0.3) is 0 Å². The second-order valence-corrected chi connectivity index (χ2v) is 15.2. The molecular weight excluding hydrogens is 755 g/mol. The van der Waals surface area contributed by atoms with Gasteiger partial charge in [0.05, 0.1) is 41.4 Å². The lowest BCUT2D eigenvalue weighted by molar-refractivity contribution is -0.139. The highest BCUT2D eigenvalue weighted by Gasteiger charge is 2.41.